The van der Waals surface area contributed by atoms with Gasteiger partial charge in [-0.15, -0.1) is 0 Å². The highest BCUT2D eigenvalue weighted by molar-refractivity contribution is 6.31. The van der Waals surface area contributed by atoms with Gasteiger partial charge in [-0.3, -0.25) is 4.57 Å². The van der Waals surface area contributed by atoms with E-state index >= 15 is 0 Å². The van der Waals surface area contributed by atoms with Crippen LogP contribution < -0.4 is 26.2 Å². The van der Waals surface area contributed by atoms with E-state index in [9.17, 15) is 19.4 Å². The van der Waals surface area contributed by atoms with Crippen LogP contribution in [0.15, 0.2) is 53.5 Å². The maximum Gasteiger partial charge on any atom is 0.351 e. The Balaban J connectivity index is 1.42. The topological polar surface area (TPSA) is 141 Å². The molecule has 0 spiro atoms. The first-order valence-corrected chi connectivity index (χ1v) is 11.5. The number of nitrogen functional groups attached to an aromatic ring is 1. The summed E-state index contributed by atoms with van der Waals surface area (Å²) < 4.78 is 31.6. The molecule has 192 valence electrons. The molecule has 1 aliphatic rings. The maximum atomic E-state index is 13.3. The summed E-state index contributed by atoms with van der Waals surface area (Å²) in [4.78, 5) is 15.7. The molecule has 0 radical (unpaired) electrons. The predicted molar refractivity (Wildman–Crippen MR) is 129 cm³/mol. The number of anilines is 1. The summed E-state index contributed by atoms with van der Waals surface area (Å²) in [6.07, 6.45) is -3.13. The van der Waals surface area contributed by atoms with E-state index in [0.29, 0.717) is 23.6 Å². The SMILES string of the molecule is COc1cccc(CNC[C@H]2O[C@@H](n3ccc(N)nc3=O)[C@H](O)[C@@H]2O)c1OCc1ccc(F)cc1Cl. The number of rotatable bonds is 9. The fourth-order valence-electron chi connectivity index (χ4n) is 3.91. The number of para-hydroxylation sites is 1. The summed E-state index contributed by atoms with van der Waals surface area (Å²) in [6.45, 7) is 0.557. The van der Waals surface area contributed by atoms with Crippen molar-refractivity contribution in [2.45, 2.75) is 37.7 Å². The van der Waals surface area contributed by atoms with Crippen LogP contribution in [0.5, 0.6) is 11.5 Å². The van der Waals surface area contributed by atoms with Crippen molar-refractivity contribution in [3.05, 3.63) is 81.1 Å². The van der Waals surface area contributed by atoms with Crippen LogP contribution in [0, 0.1) is 5.82 Å². The van der Waals surface area contributed by atoms with Gasteiger partial charge in [-0.25, -0.2) is 9.18 Å². The van der Waals surface area contributed by atoms with Crippen LogP contribution in [0.25, 0.3) is 0 Å². The van der Waals surface area contributed by atoms with Crippen molar-refractivity contribution in [3.63, 3.8) is 0 Å². The van der Waals surface area contributed by atoms with Gasteiger partial charge in [0, 0.05) is 30.4 Å². The number of halogens is 2. The first kappa shape index (κ1) is 25.9. The van der Waals surface area contributed by atoms with Gasteiger partial charge in [-0.1, -0.05) is 29.8 Å². The highest BCUT2D eigenvalue weighted by Gasteiger charge is 2.43. The van der Waals surface area contributed by atoms with E-state index in [1.807, 2.05) is 6.07 Å². The van der Waals surface area contributed by atoms with Gasteiger partial charge in [0.1, 0.15) is 36.6 Å². The summed E-state index contributed by atoms with van der Waals surface area (Å²) >= 11 is 6.11. The Bertz CT molecular complexity index is 1280. The number of nitrogens with two attached hydrogens (primary N) is 1. The fourth-order valence-corrected chi connectivity index (χ4v) is 4.13. The lowest BCUT2D eigenvalue weighted by Crippen LogP contribution is -2.38. The third kappa shape index (κ3) is 5.61. The Morgan fingerprint density at radius 1 is 1.22 bits per heavy atom. The summed E-state index contributed by atoms with van der Waals surface area (Å²) in [6, 6.07) is 10.8. The third-order valence-corrected chi connectivity index (χ3v) is 6.14. The van der Waals surface area contributed by atoms with Crippen molar-refractivity contribution in [2.24, 2.45) is 0 Å². The van der Waals surface area contributed by atoms with Gasteiger partial charge in [0.2, 0.25) is 0 Å². The molecule has 12 heteroatoms. The lowest BCUT2D eigenvalue weighted by atomic mass is 10.1. The molecule has 0 aliphatic carbocycles. The summed E-state index contributed by atoms with van der Waals surface area (Å²) in [5.74, 6) is 0.571. The Morgan fingerprint density at radius 3 is 2.75 bits per heavy atom. The number of benzene rings is 2. The molecule has 1 aliphatic heterocycles. The highest BCUT2D eigenvalue weighted by Crippen LogP contribution is 2.33. The minimum atomic E-state index is -1.34. The first-order valence-electron chi connectivity index (χ1n) is 11.1. The van der Waals surface area contributed by atoms with Crippen LogP contribution in [-0.2, 0) is 17.9 Å². The molecule has 0 unspecified atom stereocenters. The van der Waals surface area contributed by atoms with Crippen LogP contribution in [-0.4, -0.2) is 51.7 Å². The first-order chi connectivity index (χ1) is 17.3. The molecule has 2 aromatic carbocycles. The van der Waals surface area contributed by atoms with Gasteiger partial charge < -0.3 is 35.5 Å². The lowest BCUT2D eigenvalue weighted by molar-refractivity contribution is -0.0390. The molecular weight excluding hydrogens is 495 g/mol. The second-order valence-electron chi connectivity index (χ2n) is 8.19. The molecule has 3 aromatic rings. The quantitative estimate of drug-likeness (QED) is 0.331. The molecule has 0 amide bonds. The Hall–Kier alpha value is -3.22. The number of aliphatic hydroxyl groups is 2. The van der Waals surface area contributed by atoms with Crippen molar-refractivity contribution in [1.82, 2.24) is 14.9 Å². The third-order valence-electron chi connectivity index (χ3n) is 5.79. The summed E-state index contributed by atoms with van der Waals surface area (Å²) in [7, 11) is 1.52. The van der Waals surface area contributed by atoms with Crippen molar-refractivity contribution in [2.75, 3.05) is 19.4 Å². The van der Waals surface area contributed by atoms with Gasteiger partial charge in [0.25, 0.3) is 0 Å². The normalized spacial score (nSPS) is 21.5. The van der Waals surface area contributed by atoms with Crippen molar-refractivity contribution >= 4 is 17.4 Å². The molecular formula is C24H26ClFN4O6. The van der Waals surface area contributed by atoms with Crippen LogP contribution in [0.1, 0.15) is 17.4 Å². The number of hydrogen-bond acceptors (Lipinski definition) is 9. The zero-order chi connectivity index (χ0) is 25.8. The molecule has 4 rings (SSSR count). The van der Waals surface area contributed by atoms with Crippen LogP contribution in [0.3, 0.4) is 0 Å². The second-order valence-corrected chi connectivity index (χ2v) is 8.60. The summed E-state index contributed by atoms with van der Waals surface area (Å²) in [5.41, 5.74) is 6.17. The van der Waals surface area contributed by atoms with Gasteiger partial charge in [-0.2, -0.15) is 4.98 Å². The highest BCUT2D eigenvalue weighted by atomic mass is 35.5. The zero-order valence-electron chi connectivity index (χ0n) is 19.3. The van der Waals surface area contributed by atoms with E-state index in [4.69, 9.17) is 31.5 Å². The van der Waals surface area contributed by atoms with E-state index < -0.39 is 36.0 Å². The monoisotopic (exact) mass is 520 g/mol. The molecule has 0 bridgehead atoms. The number of nitrogens with zero attached hydrogens (tertiary/aromatic N) is 2. The van der Waals surface area contributed by atoms with Gasteiger partial charge >= 0.3 is 5.69 Å². The molecule has 5 N–H and O–H groups in total. The zero-order valence-corrected chi connectivity index (χ0v) is 20.1. The lowest BCUT2D eigenvalue weighted by Gasteiger charge is -2.18. The smallest absolute Gasteiger partial charge is 0.351 e. The van der Waals surface area contributed by atoms with Crippen molar-refractivity contribution in [1.29, 1.82) is 0 Å². The van der Waals surface area contributed by atoms with Gasteiger partial charge in [-0.05, 0) is 24.3 Å². The number of hydrogen-bond donors (Lipinski definition) is 4. The average molecular weight is 521 g/mol. The minimum Gasteiger partial charge on any atom is -0.493 e. The van der Waals surface area contributed by atoms with Gasteiger partial charge in [0.05, 0.1) is 12.1 Å². The van der Waals surface area contributed by atoms with Gasteiger partial charge in [0.15, 0.2) is 17.7 Å². The van der Waals surface area contributed by atoms with E-state index in [2.05, 4.69) is 10.3 Å². The average Bonchev–Trinajstić information content (AvgIpc) is 3.12. The van der Waals surface area contributed by atoms with E-state index in [-0.39, 0.29) is 24.0 Å². The largest absolute Gasteiger partial charge is 0.493 e. The van der Waals surface area contributed by atoms with Crippen LogP contribution in [0.2, 0.25) is 5.02 Å². The van der Waals surface area contributed by atoms with Crippen molar-refractivity contribution < 1.29 is 28.8 Å². The Kier molecular flexibility index (Phi) is 8.07. The maximum absolute atomic E-state index is 13.3. The van der Waals surface area contributed by atoms with E-state index in [1.165, 1.54) is 31.5 Å². The Morgan fingerprint density at radius 2 is 2.03 bits per heavy atom. The second kappa shape index (κ2) is 11.2. The van der Waals surface area contributed by atoms with E-state index in [0.717, 1.165) is 10.1 Å². The van der Waals surface area contributed by atoms with Crippen LogP contribution in [0.4, 0.5) is 10.2 Å². The fraction of sp³-hybridized carbons (Fsp3) is 0.333. The number of nitrogens with one attached hydrogen (secondary N) is 1. The molecule has 1 fully saturated rings. The Labute approximate surface area is 211 Å². The number of aliphatic hydroxyl groups excluding tert-OH is 2. The molecule has 1 aromatic heterocycles. The molecule has 1 saturated heterocycles. The summed E-state index contributed by atoms with van der Waals surface area (Å²) in [5, 5.41) is 24.3. The number of ether oxygens (including phenoxy) is 3. The van der Waals surface area contributed by atoms with Crippen molar-refractivity contribution in [3.8, 4) is 11.5 Å². The standard InChI is InChI=1S/C24H26ClFN4O6/c1-34-17-4-2-3-13(22(17)35-12-14-5-6-15(26)9-16(14)25)10-28-11-18-20(31)21(32)23(36-18)30-8-7-19(27)29-24(30)33/h2-9,18,20-21,23,28,31-32H,10-12H2,1H3,(H2,27,29,33)/t18-,20-,21-,23-/m1/s1. The molecule has 10 nitrogen and oxygen atoms in total. The molecule has 4 atom stereocenters. The molecule has 36 heavy (non-hydrogen) atoms. The molecule has 0 saturated carbocycles. The molecule has 2 heterocycles. The van der Waals surface area contributed by atoms with Crippen LogP contribution >= 0.6 is 11.6 Å². The number of aromatic nitrogens is 2. The number of methoxy groups -OCH3 is 1. The van der Waals surface area contributed by atoms with E-state index in [1.54, 1.807) is 18.2 Å². The predicted octanol–water partition coefficient (Wildman–Crippen LogP) is 1.61. The minimum absolute atomic E-state index is 0.0421.